The Morgan fingerprint density at radius 1 is 0.565 bits per heavy atom. The Labute approximate surface area is 266 Å². The summed E-state index contributed by atoms with van der Waals surface area (Å²) >= 11 is 0. The van der Waals surface area contributed by atoms with Crippen LogP contribution in [0.5, 0.6) is 17.2 Å². The summed E-state index contributed by atoms with van der Waals surface area (Å²) < 4.78 is 56.5. The second kappa shape index (κ2) is 16.7. The number of ether oxygens (including phenoxy) is 5. The van der Waals surface area contributed by atoms with Gasteiger partial charge < -0.3 is 23.7 Å². The van der Waals surface area contributed by atoms with Crippen molar-refractivity contribution in [2.45, 2.75) is 33.6 Å². The van der Waals surface area contributed by atoms with Crippen molar-refractivity contribution in [3.05, 3.63) is 103 Å². The van der Waals surface area contributed by atoms with Gasteiger partial charge in [-0.1, -0.05) is 31.9 Å². The molecule has 0 saturated heterocycles. The summed E-state index contributed by atoms with van der Waals surface area (Å²) in [4.78, 5) is 35.2. The van der Waals surface area contributed by atoms with Gasteiger partial charge in [-0.25, -0.2) is 23.2 Å². The molecule has 0 radical (unpaired) electrons. The summed E-state index contributed by atoms with van der Waals surface area (Å²) in [7, 11) is 0. The molecular formula is C36H36F2O8. The number of rotatable bonds is 16. The summed E-state index contributed by atoms with van der Waals surface area (Å²) in [5.74, 6) is -2.78. The first-order valence-corrected chi connectivity index (χ1v) is 14.4. The monoisotopic (exact) mass is 634 g/mol. The molecule has 0 heterocycles. The van der Waals surface area contributed by atoms with Crippen LogP contribution in [0.3, 0.4) is 0 Å². The average Bonchev–Trinajstić information content (AvgIpc) is 3.01. The maximum absolute atomic E-state index is 15.0. The largest absolute Gasteiger partial charge is 0.490 e. The highest BCUT2D eigenvalue weighted by atomic mass is 19.1. The Morgan fingerprint density at radius 3 is 1.35 bits per heavy atom. The smallest absolute Gasteiger partial charge is 0.338 e. The lowest BCUT2D eigenvalue weighted by Crippen LogP contribution is -2.09. The van der Waals surface area contributed by atoms with E-state index in [1.807, 2.05) is 0 Å². The highest BCUT2D eigenvalue weighted by Crippen LogP contribution is 2.35. The second-order valence-corrected chi connectivity index (χ2v) is 10.4. The van der Waals surface area contributed by atoms with E-state index in [1.54, 1.807) is 44.2 Å². The molecule has 3 rings (SSSR count). The summed E-state index contributed by atoms with van der Waals surface area (Å²) in [5, 5.41) is 0. The molecule has 10 heteroatoms. The Balaban J connectivity index is 1.78. The fourth-order valence-electron chi connectivity index (χ4n) is 3.84. The van der Waals surface area contributed by atoms with Crippen molar-refractivity contribution in [2.75, 3.05) is 26.4 Å². The first kappa shape index (κ1) is 35.2. The molecule has 242 valence electrons. The van der Waals surface area contributed by atoms with Crippen LogP contribution in [0.15, 0.2) is 91.1 Å². The number of halogens is 2. The van der Waals surface area contributed by atoms with E-state index in [4.69, 9.17) is 23.7 Å². The van der Waals surface area contributed by atoms with Crippen LogP contribution in [0, 0.1) is 11.6 Å². The van der Waals surface area contributed by atoms with Gasteiger partial charge in [0.25, 0.3) is 0 Å². The van der Waals surface area contributed by atoms with Gasteiger partial charge in [0.1, 0.15) is 5.75 Å². The maximum Gasteiger partial charge on any atom is 0.338 e. The van der Waals surface area contributed by atoms with Crippen molar-refractivity contribution in [3.63, 3.8) is 0 Å². The predicted molar refractivity (Wildman–Crippen MR) is 169 cm³/mol. The van der Waals surface area contributed by atoms with Crippen molar-refractivity contribution in [3.8, 4) is 39.5 Å². The molecule has 3 aromatic carbocycles. The molecule has 3 aromatic rings. The molecule has 0 aliphatic heterocycles. The van der Waals surface area contributed by atoms with Gasteiger partial charge >= 0.3 is 17.9 Å². The fourth-order valence-corrected chi connectivity index (χ4v) is 3.84. The third-order valence-corrected chi connectivity index (χ3v) is 6.25. The Kier molecular flexibility index (Phi) is 12.8. The quantitative estimate of drug-likeness (QED) is 0.0690. The van der Waals surface area contributed by atoms with E-state index in [2.05, 4.69) is 19.7 Å². The van der Waals surface area contributed by atoms with Crippen molar-refractivity contribution < 1.29 is 46.8 Å². The minimum atomic E-state index is -0.657. The van der Waals surface area contributed by atoms with Gasteiger partial charge in [0.05, 0.1) is 26.4 Å². The molecule has 0 unspecified atom stereocenters. The molecule has 0 aliphatic rings. The lowest BCUT2D eigenvalue weighted by molar-refractivity contribution is -0.140. The molecule has 0 saturated carbocycles. The van der Waals surface area contributed by atoms with E-state index in [9.17, 15) is 14.4 Å². The van der Waals surface area contributed by atoms with Gasteiger partial charge in [0.2, 0.25) is 0 Å². The molecule has 0 fully saturated rings. The predicted octanol–water partition coefficient (Wildman–Crippen LogP) is 7.56. The Morgan fingerprint density at radius 2 is 0.978 bits per heavy atom. The molecule has 0 N–H and O–H groups in total. The summed E-state index contributed by atoms with van der Waals surface area (Å²) in [6.45, 7) is 15.6. The van der Waals surface area contributed by atoms with Gasteiger partial charge in [-0.3, -0.25) is 0 Å². The number of benzene rings is 3. The zero-order valence-electron chi connectivity index (χ0n) is 26.1. The highest BCUT2D eigenvalue weighted by Gasteiger charge is 2.14. The fraction of sp³-hybridized carbons (Fsp3) is 0.250. The molecule has 0 bridgehead atoms. The third kappa shape index (κ3) is 10.4. The van der Waals surface area contributed by atoms with Crippen LogP contribution in [0.1, 0.15) is 33.6 Å². The molecule has 46 heavy (non-hydrogen) atoms. The lowest BCUT2D eigenvalue weighted by atomic mass is 9.98. The van der Waals surface area contributed by atoms with Crippen LogP contribution in [0.4, 0.5) is 8.78 Å². The van der Waals surface area contributed by atoms with Gasteiger partial charge in [-0.15, -0.1) is 0 Å². The standard InChI is InChI=1S/C36H36F2O8/c1-22(2)34(39)44-15-7-13-42-32-11-9-25(20-30(32)37)27-17-28(19-29(18-27)46-36(41)24(5)6)26-10-12-33(31(38)21-26)43-14-8-16-45-35(40)23(3)4/h9-12,17-21H,1,3,5,7-8,13-16H2,2,4,6H3. The van der Waals surface area contributed by atoms with Crippen molar-refractivity contribution in [1.29, 1.82) is 0 Å². The van der Waals surface area contributed by atoms with Gasteiger partial charge in [-0.2, -0.15) is 0 Å². The number of carbonyl (C=O) groups is 3. The molecule has 0 aliphatic carbocycles. The molecule has 0 spiro atoms. The van der Waals surface area contributed by atoms with Crippen LogP contribution in [-0.4, -0.2) is 44.3 Å². The topological polar surface area (TPSA) is 97.4 Å². The molecular weight excluding hydrogens is 598 g/mol. The number of carbonyl (C=O) groups excluding carboxylic acids is 3. The molecule has 0 atom stereocenters. The maximum atomic E-state index is 15.0. The molecule has 0 amide bonds. The first-order chi connectivity index (χ1) is 21.8. The SMILES string of the molecule is C=C(C)C(=O)OCCCOc1ccc(-c2cc(OC(=O)C(=C)C)cc(-c3ccc(OCCCOC(=O)C(=C)C)c(F)c3)c2)cc1F. The van der Waals surface area contributed by atoms with Crippen molar-refractivity contribution in [1.82, 2.24) is 0 Å². The Bertz CT molecular complexity index is 1540. The highest BCUT2D eigenvalue weighted by molar-refractivity contribution is 5.89. The van der Waals surface area contributed by atoms with Gasteiger partial charge in [-0.05, 0) is 85.5 Å². The van der Waals surface area contributed by atoms with Gasteiger partial charge in [0, 0.05) is 29.6 Å². The van der Waals surface area contributed by atoms with Crippen molar-refractivity contribution in [2.24, 2.45) is 0 Å². The van der Waals surface area contributed by atoms with E-state index in [0.29, 0.717) is 35.1 Å². The van der Waals surface area contributed by atoms with Crippen molar-refractivity contribution >= 4 is 17.9 Å². The number of hydrogen-bond donors (Lipinski definition) is 0. The minimum Gasteiger partial charge on any atom is -0.490 e. The zero-order chi connectivity index (χ0) is 33.8. The second-order valence-electron chi connectivity index (χ2n) is 10.4. The zero-order valence-corrected chi connectivity index (χ0v) is 26.1. The average molecular weight is 635 g/mol. The van der Waals surface area contributed by atoms with Crippen LogP contribution >= 0.6 is 0 Å². The lowest BCUT2D eigenvalue weighted by Gasteiger charge is -2.13. The van der Waals surface area contributed by atoms with Crippen LogP contribution in [0.2, 0.25) is 0 Å². The molecule has 0 aromatic heterocycles. The van der Waals surface area contributed by atoms with Crippen LogP contribution < -0.4 is 14.2 Å². The van der Waals surface area contributed by atoms with E-state index >= 15 is 8.78 Å². The van der Waals surface area contributed by atoms with E-state index in [0.717, 1.165) is 0 Å². The minimum absolute atomic E-state index is 0.00621. The van der Waals surface area contributed by atoms with Crippen LogP contribution in [-0.2, 0) is 23.9 Å². The Hall–Kier alpha value is -5.25. The van der Waals surface area contributed by atoms with Gasteiger partial charge in [0.15, 0.2) is 23.1 Å². The van der Waals surface area contributed by atoms with E-state index < -0.39 is 29.5 Å². The number of hydrogen-bond acceptors (Lipinski definition) is 8. The summed E-state index contributed by atoms with van der Waals surface area (Å²) in [5.41, 5.74) is 2.62. The normalized spacial score (nSPS) is 10.5. The van der Waals surface area contributed by atoms with E-state index in [-0.39, 0.29) is 60.4 Å². The summed E-state index contributed by atoms with van der Waals surface area (Å²) in [6, 6.07) is 13.5. The number of esters is 3. The summed E-state index contributed by atoms with van der Waals surface area (Å²) in [6.07, 6.45) is 0.704. The molecule has 8 nitrogen and oxygen atoms in total. The third-order valence-electron chi connectivity index (χ3n) is 6.25. The van der Waals surface area contributed by atoms with Crippen LogP contribution in [0.25, 0.3) is 22.3 Å². The van der Waals surface area contributed by atoms with E-state index in [1.165, 1.54) is 31.2 Å². The first-order valence-electron chi connectivity index (χ1n) is 14.4.